The van der Waals surface area contributed by atoms with Crippen molar-refractivity contribution in [2.24, 2.45) is 0 Å². The normalized spacial score (nSPS) is 10.1. The summed E-state index contributed by atoms with van der Waals surface area (Å²) in [5.74, 6) is -0.152. The number of carbonyl (C=O) groups excluding carboxylic acids is 2. The van der Waals surface area contributed by atoms with Gasteiger partial charge < -0.3 is 16.0 Å². The van der Waals surface area contributed by atoms with Crippen molar-refractivity contribution < 1.29 is 9.59 Å². The van der Waals surface area contributed by atoms with Crippen LogP contribution in [0.3, 0.4) is 0 Å². The topological polar surface area (TPSA) is 70.2 Å². The second-order valence-electron chi connectivity index (χ2n) is 5.10. The fourth-order valence-corrected chi connectivity index (χ4v) is 2.65. The van der Waals surface area contributed by atoms with Gasteiger partial charge in [-0.25, -0.2) is 4.79 Å². The molecule has 122 valence electrons. The summed E-state index contributed by atoms with van der Waals surface area (Å²) < 4.78 is 0. The Hall–Kier alpha value is -2.34. The molecule has 6 heteroatoms. The molecule has 3 amide bonds. The van der Waals surface area contributed by atoms with E-state index < -0.39 is 0 Å². The maximum Gasteiger partial charge on any atom is 0.319 e. The first-order valence-corrected chi connectivity index (χ1v) is 8.57. The minimum atomic E-state index is -0.233. The molecule has 0 aliphatic heterocycles. The molecule has 0 saturated heterocycles. The van der Waals surface area contributed by atoms with Crippen LogP contribution >= 0.6 is 11.3 Å². The van der Waals surface area contributed by atoms with E-state index in [2.05, 4.69) is 22.9 Å². The molecule has 1 aromatic carbocycles. The minimum Gasteiger partial charge on any atom is -0.338 e. The minimum absolute atomic E-state index is 0.152. The Kier molecular flexibility index (Phi) is 6.62. The molecule has 3 N–H and O–H groups in total. The summed E-state index contributed by atoms with van der Waals surface area (Å²) >= 11 is 1.39. The third-order valence-electron chi connectivity index (χ3n) is 3.19. The number of amides is 3. The van der Waals surface area contributed by atoms with Gasteiger partial charge in [0.1, 0.15) is 0 Å². The van der Waals surface area contributed by atoms with Gasteiger partial charge in [0, 0.05) is 17.9 Å². The molecule has 2 rings (SSSR count). The summed E-state index contributed by atoms with van der Waals surface area (Å²) in [5, 5.41) is 10.3. The highest BCUT2D eigenvalue weighted by Gasteiger charge is 2.07. The summed E-state index contributed by atoms with van der Waals surface area (Å²) in [6.07, 6.45) is 3.20. The fraction of sp³-hybridized carbons (Fsp3) is 0.294. The third-order valence-corrected chi connectivity index (χ3v) is 4.06. The molecule has 0 atom stereocenters. The Balaban J connectivity index is 1.87. The Morgan fingerprint density at radius 3 is 2.52 bits per heavy atom. The first-order chi connectivity index (χ1) is 11.2. The van der Waals surface area contributed by atoms with Crippen molar-refractivity contribution in [2.75, 3.05) is 17.2 Å². The smallest absolute Gasteiger partial charge is 0.319 e. The summed E-state index contributed by atoms with van der Waals surface area (Å²) in [5.41, 5.74) is 1.29. The number of urea groups is 1. The molecule has 0 aliphatic rings. The summed E-state index contributed by atoms with van der Waals surface area (Å²) in [7, 11) is 0. The Morgan fingerprint density at radius 1 is 1.04 bits per heavy atom. The quantitative estimate of drug-likeness (QED) is 0.662. The zero-order valence-corrected chi connectivity index (χ0v) is 13.9. The molecule has 23 heavy (non-hydrogen) atoms. The Labute approximate surface area is 140 Å². The predicted molar refractivity (Wildman–Crippen MR) is 95.3 cm³/mol. The van der Waals surface area contributed by atoms with Crippen LogP contribution in [-0.4, -0.2) is 18.5 Å². The standard InChI is InChI=1S/C17H21N3O2S/c1-2-3-4-10-18-17(22)20-14-8-5-7-13(12-14)19-16(21)15-9-6-11-23-15/h5-9,11-12H,2-4,10H2,1H3,(H,19,21)(H2,18,20,22). The largest absolute Gasteiger partial charge is 0.338 e. The van der Waals surface area contributed by atoms with Gasteiger partial charge in [0.15, 0.2) is 0 Å². The van der Waals surface area contributed by atoms with Crippen molar-refractivity contribution in [3.05, 3.63) is 46.7 Å². The summed E-state index contributed by atoms with van der Waals surface area (Å²) in [6, 6.07) is 10.5. The SMILES string of the molecule is CCCCCNC(=O)Nc1cccc(NC(=O)c2cccs2)c1. The Morgan fingerprint density at radius 2 is 1.83 bits per heavy atom. The van der Waals surface area contributed by atoms with Gasteiger partial charge in [-0.2, -0.15) is 0 Å². The molecular weight excluding hydrogens is 310 g/mol. The number of anilines is 2. The van der Waals surface area contributed by atoms with Crippen molar-refractivity contribution in [3.8, 4) is 0 Å². The van der Waals surface area contributed by atoms with E-state index in [-0.39, 0.29) is 11.9 Å². The highest BCUT2D eigenvalue weighted by molar-refractivity contribution is 7.12. The van der Waals surface area contributed by atoms with Crippen molar-refractivity contribution in [2.45, 2.75) is 26.2 Å². The molecular formula is C17H21N3O2S. The Bertz CT molecular complexity index is 641. The van der Waals surface area contributed by atoms with Gasteiger partial charge in [0.05, 0.1) is 4.88 Å². The lowest BCUT2D eigenvalue weighted by Crippen LogP contribution is -2.29. The van der Waals surface area contributed by atoms with E-state index in [1.807, 2.05) is 11.4 Å². The highest BCUT2D eigenvalue weighted by atomic mass is 32.1. The zero-order chi connectivity index (χ0) is 16.5. The number of unbranched alkanes of at least 4 members (excludes halogenated alkanes) is 2. The van der Waals surface area contributed by atoms with Gasteiger partial charge in [-0.1, -0.05) is 31.9 Å². The van der Waals surface area contributed by atoms with E-state index >= 15 is 0 Å². The molecule has 2 aromatic rings. The van der Waals surface area contributed by atoms with Crippen LogP contribution in [0.5, 0.6) is 0 Å². The highest BCUT2D eigenvalue weighted by Crippen LogP contribution is 2.17. The molecule has 0 aliphatic carbocycles. The number of thiophene rings is 1. The lowest BCUT2D eigenvalue weighted by Gasteiger charge is -2.09. The lowest BCUT2D eigenvalue weighted by molar-refractivity contribution is 0.103. The van der Waals surface area contributed by atoms with E-state index in [1.165, 1.54) is 11.3 Å². The van der Waals surface area contributed by atoms with E-state index in [9.17, 15) is 9.59 Å². The maximum absolute atomic E-state index is 12.0. The number of carbonyl (C=O) groups is 2. The van der Waals surface area contributed by atoms with E-state index in [0.29, 0.717) is 22.8 Å². The van der Waals surface area contributed by atoms with E-state index in [1.54, 1.807) is 30.3 Å². The predicted octanol–water partition coefficient (Wildman–Crippen LogP) is 4.31. The van der Waals surface area contributed by atoms with E-state index in [4.69, 9.17) is 0 Å². The van der Waals surface area contributed by atoms with Gasteiger partial charge in [-0.05, 0) is 36.1 Å². The monoisotopic (exact) mass is 331 g/mol. The average Bonchev–Trinajstić information content (AvgIpc) is 3.06. The molecule has 0 unspecified atom stereocenters. The van der Waals surface area contributed by atoms with Gasteiger partial charge in [-0.15, -0.1) is 11.3 Å². The molecule has 5 nitrogen and oxygen atoms in total. The zero-order valence-electron chi connectivity index (χ0n) is 13.1. The van der Waals surface area contributed by atoms with Crippen LogP contribution < -0.4 is 16.0 Å². The summed E-state index contributed by atoms with van der Waals surface area (Å²) in [4.78, 5) is 24.4. The molecule has 0 fully saturated rings. The number of hydrogen-bond donors (Lipinski definition) is 3. The van der Waals surface area contributed by atoms with Crippen molar-refractivity contribution in [1.29, 1.82) is 0 Å². The van der Waals surface area contributed by atoms with Crippen LogP contribution in [0.4, 0.5) is 16.2 Å². The van der Waals surface area contributed by atoms with Gasteiger partial charge in [-0.3, -0.25) is 4.79 Å². The van der Waals surface area contributed by atoms with Gasteiger partial charge in [0.25, 0.3) is 5.91 Å². The van der Waals surface area contributed by atoms with Crippen molar-refractivity contribution in [3.63, 3.8) is 0 Å². The average molecular weight is 331 g/mol. The lowest BCUT2D eigenvalue weighted by atomic mass is 10.2. The van der Waals surface area contributed by atoms with Crippen LogP contribution in [0.15, 0.2) is 41.8 Å². The van der Waals surface area contributed by atoms with Crippen LogP contribution in [-0.2, 0) is 0 Å². The fourth-order valence-electron chi connectivity index (χ4n) is 2.03. The number of benzene rings is 1. The number of nitrogens with one attached hydrogen (secondary N) is 3. The third kappa shape index (κ3) is 5.75. The van der Waals surface area contributed by atoms with Crippen molar-refractivity contribution >= 4 is 34.6 Å². The van der Waals surface area contributed by atoms with Crippen LogP contribution in [0, 0.1) is 0 Å². The maximum atomic E-state index is 12.0. The molecule has 1 heterocycles. The van der Waals surface area contributed by atoms with Gasteiger partial charge >= 0.3 is 6.03 Å². The molecule has 0 spiro atoms. The molecule has 0 saturated carbocycles. The second kappa shape index (κ2) is 8.95. The first kappa shape index (κ1) is 17.0. The number of hydrogen-bond acceptors (Lipinski definition) is 3. The van der Waals surface area contributed by atoms with Crippen LogP contribution in [0.25, 0.3) is 0 Å². The number of rotatable bonds is 7. The van der Waals surface area contributed by atoms with Crippen LogP contribution in [0.2, 0.25) is 0 Å². The van der Waals surface area contributed by atoms with E-state index in [0.717, 1.165) is 19.3 Å². The first-order valence-electron chi connectivity index (χ1n) is 7.69. The van der Waals surface area contributed by atoms with Gasteiger partial charge in [0.2, 0.25) is 0 Å². The van der Waals surface area contributed by atoms with Crippen LogP contribution in [0.1, 0.15) is 35.9 Å². The molecule has 0 bridgehead atoms. The van der Waals surface area contributed by atoms with Crippen molar-refractivity contribution in [1.82, 2.24) is 5.32 Å². The second-order valence-corrected chi connectivity index (χ2v) is 6.05. The molecule has 0 radical (unpaired) electrons. The summed E-state index contributed by atoms with van der Waals surface area (Å²) in [6.45, 7) is 2.78. The molecule has 1 aromatic heterocycles.